The van der Waals surface area contributed by atoms with Crippen molar-refractivity contribution in [2.24, 2.45) is 0 Å². The fourth-order valence-electron chi connectivity index (χ4n) is 3.29. The molecule has 142 valence electrons. The maximum absolute atomic E-state index is 12.8. The third-order valence-corrected chi connectivity index (χ3v) is 4.66. The predicted molar refractivity (Wildman–Crippen MR) is 106 cm³/mol. The number of carbonyl (C=O) groups is 1. The van der Waals surface area contributed by atoms with Gasteiger partial charge in [0, 0.05) is 22.6 Å². The van der Waals surface area contributed by atoms with Gasteiger partial charge in [0.1, 0.15) is 0 Å². The molecule has 1 N–H and O–H groups in total. The molecular formula is C21H23ClN2O3. The van der Waals surface area contributed by atoms with Crippen molar-refractivity contribution in [2.45, 2.75) is 39.7 Å². The summed E-state index contributed by atoms with van der Waals surface area (Å²) in [5.41, 5.74) is 3.68. The van der Waals surface area contributed by atoms with E-state index in [-0.39, 0.29) is 12.1 Å². The number of nitrogens with zero attached hydrogens (tertiary/aromatic N) is 1. The highest BCUT2D eigenvalue weighted by molar-refractivity contribution is 6.31. The molecule has 6 heteroatoms. The molecule has 1 atom stereocenters. The number of allylic oxidation sites excluding steroid dienone is 1. The summed E-state index contributed by atoms with van der Waals surface area (Å²) in [6.45, 7) is 7.82. The maximum atomic E-state index is 12.8. The molecule has 5 nitrogen and oxygen atoms in total. The minimum absolute atomic E-state index is 0.0612. The zero-order chi connectivity index (χ0) is 19.6. The summed E-state index contributed by atoms with van der Waals surface area (Å²) < 4.78 is 11.3. The van der Waals surface area contributed by atoms with Gasteiger partial charge in [-0.3, -0.25) is 0 Å². The van der Waals surface area contributed by atoms with Crippen molar-refractivity contribution in [3.8, 4) is 5.88 Å². The molecule has 2 heterocycles. The van der Waals surface area contributed by atoms with E-state index in [4.69, 9.17) is 21.1 Å². The van der Waals surface area contributed by atoms with Crippen LogP contribution in [0.5, 0.6) is 5.88 Å². The summed E-state index contributed by atoms with van der Waals surface area (Å²) >= 11 is 6.52. The lowest BCUT2D eigenvalue weighted by Crippen LogP contribution is -2.26. The van der Waals surface area contributed by atoms with E-state index in [0.29, 0.717) is 23.1 Å². The number of esters is 1. The summed E-state index contributed by atoms with van der Waals surface area (Å²) in [7, 11) is 0. The highest BCUT2D eigenvalue weighted by Gasteiger charge is 2.37. The Morgan fingerprint density at radius 2 is 2.04 bits per heavy atom. The number of rotatable bonds is 5. The molecule has 1 unspecified atom stereocenters. The van der Waals surface area contributed by atoms with Gasteiger partial charge in [-0.15, -0.1) is 0 Å². The minimum atomic E-state index is -0.434. The molecule has 3 rings (SSSR count). The Balaban J connectivity index is 2.26. The first-order valence-corrected chi connectivity index (χ1v) is 9.36. The number of pyridine rings is 1. The number of halogens is 1. The van der Waals surface area contributed by atoms with Gasteiger partial charge in [0.05, 0.1) is 29.8 Å². The molecule has 0 bridgehead atoms. The van der Waals surface area contributed by atoms with Crippen LogP contribution in [0.1, 0.15) is 44.7 Å². The van der Waals surface area contributed by atoms with Gasteiger partial charge in [0.25, 0.3) is 0 Å². The number of aromatic nitrogens is 1. The molecule has 1 aromatic carbocycles. The number of hydrogen-bond donors (Lipinski definition) is 1. The monoisotopic (exact) mass is 386 g/mol. The first kappa shape index (κ1) is 19.2. The smallest absolute Gasteiger partial charge is 0.336 e. The largest absolute Gasteiger partial charge is 0.475 e. The zero-order valence-corrected chi connectivity index (χ0v) is 16.6. The van der Waals surface area contributed by atoms with Gasteiger partial charge in [0.2, 0.25) is 5.88 Å². The number of carbonyl (C=O) groups excluding carboxylic acids is 1. The average Bonchev–Trinajstić information content (AvgIpc) is 2.61. The molecule has 0 spiro atoms. The lowest BCUT2D eigenvalue weighted by Gasteiger charge is -2.31. The molecular weight excluding hydrogens is 364 g/mol. The molecule has 27 heavy (non-hydrogen) atoms. The Bertz CT molecular complexity index is 893. The molecule has 1 aliphatic rings. The first-order chi connectivity index (χ1) is 12.9. The van der Waals surface area contributed by atoms with Crippen molar-refractivity contribution in [3.05, 3.63) is 63.9 Å². The first-order valence-electron chi connectivity index (χ1n) is 8.98. The average molecular weight is 387 g/mol. The quantitative estimate of drug-likeness (QED) is 0.739. The fraction of sp³-hybridized carbons (Fsp3) is 0.333. The van der Waals surface area contributed by atoms with Crippen LogP contribution in [-0.2, 0) is 9.53 Å². The van der Waals surface area contributed by atoms with Crippen molar-refractivity contribution < 1.29 is 14.3 Å². The SMILES string of the molecule is CCOC(=O)C1=C(C)Nc2ccnc(OC(C)C)c2C1c1ccccc1Cl. The van der Waals surface area contributed by atoms with Crippen LogP contribution in [0.15, 0.2) is 47.8 Å². The molecule has 2 aromatic rings. The molecule has 0 saturated heterocycles. The van der Waals surface area contributed by atoms with Crippen molar-refractivity contribution in [1.82, 2.24) is 4.98 Å². The van der Waals surface area contributed by atoms with Crippen molar-refractivity contribution in [2.75, 3.05) is 11.9 Å². The van der Waals surface area contributed by atoms with Gasteiger partial charge < -0.3 is 14.8 Å². The van der Waals surface area contributed by atoms with Crippen molar-refractivity contribution in [3.63, 3.8) is 0 Å². The second kappa shape index (κ2) is 8.01. The van der Waals surface area contributed by atoms with E-state index in [1.54, 1.807) is 13.1 Å². The number of nitrogens with one attached hydrogen (secondary N) is 1. The molecule has 0 radical (unpaired) electrons. The van der Waals surface area contributed by atoms with Crippen molar-refractivity contribution in [1.29, 1.82) is 0 Å². The predicted octanol–water partition coefficient (Wildman–Crippen LogP) is 4.92. The van der Waals surface area contributed by atoms with Crippen molar-refractivity contribution >= 4 is 23.3 Å². The van der Waals surface area contributed by atoms with E-state index in [9.17, 15) is 4.79 Å². The van der Waals surface area contributed by atoms with Gasteiger partial charge in [-0.2, -0.15) is 0 Å². The number of benzene rings is 1. The zero-order valence-electron chi connectivity index (χ0n) is 15.9. The standard InChI is InChI=1S/C21H23ClN2O3/c1-5-26-21(25)17-13(4)24-16-10-11-23-20(27-12(2)3)19(16)18(17)14-8-6-7-9-15(14)22/h6-12,18,24H,5H2,1-4H3. The van der Waals surface area contributed by atoms with Crippen LogP contribution in [0.2, 0.25) is 5.02 Å². The normalized spacial score (nSPS) is 16.0. The van der Waals surface area contributed by atoms with Gasteiger partial charge in [-0.25, -0.2) is 9.78 Å². The Kier molecular flexibility index (Phi) is 5.71. The van der Waals surface area contributed by atoms with Crippen LogP contribution in [0.25, 0.3) is 0 Å². The van der Waals surface area contributed by atoms with Crippen LogP contribution in [0, 0.1) is 0 Å². The summed E-state index contributed by atoms with van der Waals surface area (Å²) in [6.07, 6.45) is 1.63. The van der Waals surface area contributed by atoms with Crippen LogP contribution in [-0.4, -0.2) is 23.7 Å². The lowest BCUT2D eigenvalue weighted by molar-refractivity contribution is -0.138. The molecule has 0 saturated carbocycles. The number of fused-ring (bicyclic) bond motifs is 1. The fourth-order valence-corrected chi connectivity index (χ4v) is 3.53. The molecule has 0 amide bonds. The summed E-state index contributed by atoms with van der Waals surface area (Å²) in [5, 5.41) is 3.87. The highest BCUT2D eigenvalue weighted by Crippen LogP contribution is 2.47. The second-order valence-corrected chi connectivity index (χ2v) is 6.99. The Morgan fingerprint density at radius 1 is 1.30 bits per heavy atom. The third kappa shape index (κ3) is 3.78. The summed E-state index contributed by atoms with van der Waals surface area (Å²) in [5.74, 6) is -0.330. The number of anilines is 1. The van der Waals surface area contributed by atoms with Gasteiger partial charge in [-0.1, -0.05) is 29.8 Å². The van der Waals surface area contributed by atoms with E-state index in [2.05, 4.69) is 10.3 Å². The summed E-state index contributed by atoms with van der Waals surface area (Å²) in [6, 6.07) is 9.37. The summed E-state index contributed by atoms with van der Waals surface area (Å²) in [4.78, 5) is 17.2. The highest BCUT2D eigenvalue weighted by atomic mass is 35.5. The minimum Gasteiger partial charge on any atom is -0.475 e. The van der Waals surface area contributed by atoms with Gasteiger partial charge in [0.15, 0.2) is 0 Å². The third-order valence-electron chi connectivity index (χ3n) is 4.32. The van der Waals surface area contributed by atoms with E-state index in [1.807, 2.05) is 51.1 Å². The lowest BCUT2D eigenvalue weighted by atomic mass is 9.81. The van der Waals surface area contributed by atoms with E-state index in [1.165, 1.54) is 0 Å². The van der Waals surface area contributed by atoms with E-state index < -0.39 is 5.92 Å². The van der Waals surface area contributed by atoms with Gasteiger partial charge >= 0.3 is 5.97 Å². The molecule has 1 aliphatic heterocycles. The number of hydrogen-bond acceptors (Lipinski definition) is 5. The van der Waals surface area contributed by atoms with Crippen LogP contribution in [0.3, 0.4) is 0 Å². The Morgan fingerprint density at radius 3 is 2.70 bits per heavy atom. The van der Waals surface area contributed by atoms with E-state index in [0.717, 1.165) is 22.5 Å². The van der Waals surface area contributed by atoms with Crippen LogP contribution >= 0.6 is 11.6 Å². The topological polar surface area (TPSA) is 60.5 Å². The molecule has 0 aliphatic carbocycles. The van der Waals surface area contributed by atoms with Crippen LogP contribution < -0.4 is 10.1 Å². The number of ether oxygens (including phenoxy) is 2. The van der Waals surface area contributed by atoms with Gasteiger partial charge in [-0.05, 0) is 45.4 Å². The molecule has 1 aromatic heterocycles. The van der Waals surface area contributed by atoms with Crippen LogP contribution in [0.4, 0.5) is 5.69 Å². The Labute approximate surface area is 164 Å². The Hall–Kier alpha value is -2.53. The second-order valence-electron chi connectivity index (χ2n) is 6.58. The molecule has 0 fully saturated rings. The maximum Gasteiger partial charge on any atom is 0.336 e. The van der Waals surface area contributed by atoms with E-state index >= 15 is 0 Å².